The standard InChI is InChI=1S/C13H25N5O/c1-4-7-17(10-13(14)16-19)9-12-6-8-18(15-12)11(3)5-2/h6,8,11,19H,4-5,7,9-10H2,1-3H3,(H2,14,16). The van der Waals surface area contributed by atoms with Gasteiger partial charge < -0.3 is 10.9 Å². The third-order valence-electron chi connectivity index (χ3n) is 3.15. The molecule has 1 aromatic heterocycles. The lowest BCUT2D eigenvalue weighted by Gasteiger charge is -2.19. The van der Waals surface area contributed by atoms with Crippen LogP contribution in [0.2, 0.25) is 0 Å². The summed E-state index contributed by atoms with van der Waals surface area (Å²) >= 11 is 0. The molecule has 0 saturated carbocycles. The first-order chi connectivity index (χ1) is 9.10. The van der Waals surface area contributed by atoms with Gasteiger partial charge in [0.25, 0.3) is 0 Å². The third kappa shape index (κ3) is 4.90. The summed E-state index contributed by atoms with van der Waals surface area (Å²) in [7, 11) is 0. The molecule has 0 aliphatic carbocycles. The summed E-state index contributed by atoms with van der Waals surface area (Å²) in [6, 6.07) is 2.44. The smallest absolute Gasteiger partial charge is 0.153 e. The van der Waals surface area contributed by atoms with Crippen LogP contribution in [0.15, 0.2) is 17.4 Å². The minimum absolute atomic E-state index is 0.231. The van der Waals surface area contributed by atoms with Crippen molar-refractivity contribution in [2.75, 3.05) is 13.1 Å². The van der Waals surface area contributed by atoms with Gasteiger partial charge in [0.05, 0.1) is 12.2 Å². The molecule has 19 heavy (non-hydrogen) atoms. The van der Waals surface area contributed by atoms with E-state index >= 15 is 0 Å². The van der Waals surface area contributed by atoms with Crippen molar-refractivity contribution in [3.05, 3.63) is 18.0 Å². The maximum Gasteiger partial charge on any atom is 0.153 e. The van der Waals surface area contributed by atoms with Gasteiger partial charge >= 0.3 is 0 Å². The SMILES string of the molecule is CCCN(CC(N)=NO)Cc1ccn(C(C)CC)n1. The highest BCUT2D eigenvalue weighted by Gasteiger charge is 2.10. The maximum atomic E-state index is 8.64. The Morgan fingerprint density at radius 2 is 2.32 bits per heavy atom. The monoisotopic (exact) mass is 267 g/mol. The maximum absolute atomic E-state index is 8.64. The van der Waals surface area contributed by atoms with Crippen LogP contribution in [0.4, 0.5) is 0 Å². The van der Waals surface area contributed by atoms with Gasteiger partial charge in [-0.2, -0.15) is 5.10 Å². The molecule has 1 atom stereocenters. The van der Waals surface area contributed by atoms with Crippen LogP contribution < -0.4 is 5.73 Å². The van der Waals surface area contributed by atoms with Crippen molar-refractivity contribution in [1.29, 1.82) is 0 Å². The van der Waals surface area contributed by atoms with E-state index in [2.05, 4.69) is 35.9 Å². The third-order valence-corrected chi connectivity index (χ3v) is 3.15. The van der Waals surface area contributed by atoms with E-state index < -0.39 is 0 Å². The summed E-state index contributed by atoms with van der Waals surface area (Å²) < 4.78 is 1.99. The average molecular weight is 267 g/mol. The summed E-state index contributed by atoms with van der Waals surface area (Å²) in [5.74, 6) is 0.231. The fourth-order valence-electron chi connectivity index (χ4n) is 1.91. The summed E-state index contributed by atoms with van der Waals surface area (Å²) in [4.78, 5) is 2.12. The molecule has 0 aromatic carbocycles. The lowest BCUT2D eigenvalue weighted by molar-refractivity contribution is 0.282. The van der Waals surface area contributed by atoms with E-state index in [1.54, 1.807) is 0 Å². The molecule has 1 aromatic rings. The highest BCUT2D eigenvalue weighted by molar-refractivity contribution is 5.81. The quantitative estimate of drug-likeness (QED) is 0.326. The van der Waals surface area contributed by atoms with Gasteiger partial charge in [0, 0.05) is 18.8 Å². The Labute approximate surface area is 114 Å². The van der Waals surface area contributed by atoms with Crippen molar-refractivity contribution in [2.45, 2.75) is 46.2 Å². The van der Waals surface area contributed by atoms with Crippen molar-refractivity contribution < 1.29 is 5.21 Å². The van der Waals surface area contributed by atoms with Gasteiger partial charge in [-0.1, -0.05) is 19.0 Å². The average Bonchev–Trinajstić information content (AvgIpc) is 2.86. The van der Waals surface area contributed by atoms with E-state index in [9.17, 15) is 0 Å². The minimum atomic E-state index is 0.231. The van der Waals surface area contributed by atoms with Crippen molar-refractivity contribution in [3.8, 4) is 0 Å². The Kier molecular flexibility index (Phi) is 6.35. The molecule has 0 aliphatic rings. The lowest BCUT2D eigenvalue weighted by Crippen LogP contribution is -2.34. The second-order valence-corrected chi connectivity index (χ2v) is 4.85. The Bertz CT molecular complexity index is 401. The van der Waals surface area contributed by atoms with E-state index in [-0.39, 0.29) is 5.84 Å². The van der Waals surface area contributed by atoms with Gasteiger partial charge in [0.1, 0.15) is 0 Å². The molecule has 0 fully saturated rings. The van der Waals surface area contributed by atoms with Gasteiger partial charge in [-0.3, -0.25) is 9.58 Å². The van der Waals surface area contributed by atoms with E-state index in [1.807, 2.05) is 16.9 Å². The van der Waals surface area contributed by atoms with Crippen LogP contribution in [-0.4, -0.2) is 38.8 Å². The van der Waals surface area contributed by atoms with Gasteiger partial charge in [-0.15, -0.1) is 0 Å². The molecule has 1 heterocycles. The summed E-state index contributed by atoms with van der Waals surface area (Å²) in [6.07, 6.45) is 4.09. The van der Waals surface area contributed by atoms with Gasteiger partial charge in [-0.25, -0.2) is 0 Å². The van der Waals surface area contributed by atoms with Crippen LogP contribution in [0.3, 0.4) is 0 Å². The van der Waals surface area contributed by atoms with Gasteiger partial charge in [0.15, 0.2) is 5.84 Å². The van der Waals surface area contributed by atoms with Gasteiger partial charge in [-0.05, 0) is 32.4 Å². The molecule has 0 amide bonds. The molecule has 0 saturated heterocycles. The van der Waals surface area contributed by atoms with Crippen molar-refractivity contribution in [1.82, 2.24) is 14.7 Å². The van der Waals surface area contributed by atoms with Crippen molar-refractivity contribution >= 4 is 5.84 Å². The number of aromatic nitrogens is 2. The van der Waals surface area contributed by atoms with E-state index in [0.29, 0.717) is 19.1 Å². The zero-order valence-corrected chi connectivity index (χ0v) is 12.1. The summed E-state index contributed by atoms with van der Waals surface area (Å²) in [6.45, 7) is 8.47. The first kappa shape index (κ1) is 15.5. The Balaban J connectivity index is 2.65. The molecule has 0 radical (unpaired) electrons. The Morgan fingerprint density at radius 3 is 2.89 bits per heavy atom. The van der Waals surface area contributed by atoms with Crippen LogP contribution in [0, 0.1) is 0 Å². The predicted octanol–water partition coefficient (Wildman–Crippen LogP) is 1.81. The number of oxime groups is 1. The number of amidine groups is 1. The van der Waals surface area contributed by atoms with Crippen LogP contribution in [0.1, 0.15) is 45.3 Å². The van der Waals surface area contributed by atoms with Crippen molar-refractivity contribution in [2.24, 2.45) is 10.9 Å². The van der Waals surface area contributed by atoms with Crippen molar-refractivity contribution in [3.63, 3.8) is 0 Å². The lowest BCUT2D eigenvalue weighted by atomic mass is 10.3. The zero-order chi connectivity index (χ0) is 14.3. The van der Waals surface area contributed by atoms with Crippen LogP contribution in [0.25, 0.3) is 0 Å². The number of hydrogen-bond acceptors (Lipinski definition) is 4. The predicted molar refractivity (Wildman–Crippen MR) is 76.2 cm³/mol. The molecule has 0 aliphatic heterocycles. The first-order valence-electron chi connectivity index (χ1n) is 6.83. The number of rotatable bonds is 8. The number of nitrogens with two attached hydrogens (primary N) is 1. The Hall–Kier alpha value is -1.56. The highest BCUT2D eigenvalue weighted by atomic mass is 16.4. The topological polar surface area (TPSA) is 79.7 Å². The zero-order valence-electron chi connectivity index (χ0n) is 12.1. The van der Waals surface area contributed by atoms with Crippen LogP contribution in [-0.2, 0) is 6.54 Å². The van der Waals surface area contributed by atoms with E-state index in [0.717, 1.165) is 25.1 Å². The highest BCUT2D eigenvalue weighted by Crippen LogP contribution is 2.10. The number of hydrogen-bond donors (Lipinski definition) is 2. The molecule has 108 valence electrons. The van der Waals surface area contributed by atoms with E-state index in [4.69, 9.17) is 10.9 Å². The molecule has 3 N–H and O–H groups in total. The van der Waals surface area contributed by atoms with E-state index in [1.165, 1.54) is 0 Å². The molecular weight excluding hydrogens is 242 g/mol. The second kappa shape index (κ2) is 7.78. The molecule has 0 bridgehead atoms. The molecule has 0 spiro atoms. The van der Waals surface area contributed by atoms with Crippen LogP contribution >= 0.6 is 0 Å². The fraction of sp³-hybridized carbons (Fsp3) is 0.692. The molecule has 6 nitrogen and oxygen atoms in total. The minimum Gasteiger partial charge on any atom is -0.409 e. The summed E-state index contributed by atoms with van der Waals surface area (Å²) in [5.41, 5.74) is 6.58. The Morgan fingerprint density at radius 1 is 1.58 bits per heavy atom. The first-order valence-corrected chi connectivity index (χ1v) is 6.83. The molecule has 1 unspecified atom stereocenters. The fourth-order valence-corrected chi connectivity index (χ4v) is 1.91. The summed E-state index contributed by atoms with van der Waals surface area (Å²) in [5, 5.41) is 16.2. The van der Waals surface area contributed by atoms with Crippen LogP contribution in [0.5, 0.6) is 0 Å². The largest absolute Gasteiger partial charge is 0.409 e. The molecule has 1 rings (SSSR count). The number of nitrogens with zero attached hydrogens (tertiary/aromatic N) is 4. The molecule has 6 heteroatoms. The molecular formula is C13H25N5O. The second-order valence-electron chi connectivity index (χ2n) is 4.85. The normalized spacial score (nSPS) is 14.0. The van der Waals surface area contributed by atoms with Gasteiger partial charge in [0.2, 0.25) is 0 Å².